The maximum Gasteiger partial charge on any atom is 0.475 e. The van der Waals surface area contributed by atoms with Crippen LogP contribution in [0.2, 0.25) is 0 Å². The Morgan fingerprint density at radius 1 is 1.23 bits per heavy atom. The predicted octanol–water partition coefficient (Wildman–Crippen LogP) is 1.00. The minimum atomic E-state index is -1.51. The van der Waals surface area contributed by atoms with Crippen molar-refractivity contribution in [2.24, 2.45) is 17.8 Å². The molecule has 3 rings (SSSR count). The Kier molecular flexibility index (Phi) is 4.81. The lowest BCUT2D eigenvalue weighted by atomic mass is 9.71. The van der Waals surface area contributed by atoms with E-state index < -0.39 is 18.7 Å². The molecule has 3 aliphatic rings. The van der Waals surface area contributed by atoms with Gasteiger partial charge in [-0.25, -0.2) is 0 Å². The summed E-state index contributed by atoms with van der Waals surface area (Å²) in [5.41, 5.74) is -0.626. The quantitative estimate of drug-likeness (QED) is 0.571. The highest BCUT2D eigenvalue weighted by molar-refractivity contribution is 6.43. The van der Waals surface area contributed by atoms with E-state index >= 15 is 0 Å². The Hall–Kier alpha value is -0.585. The first-order valence-corrected chi connectivity index (χ1v) is 8.87. The molecule has 1 unspecified atom stereocenters. The summed E-state index contributed by atoms with van der Waals surface area (Å²) in [6, 6.07) is 0. The first-order chi connectivity index (χ1) is 10.5. The summed E-state index contributed by atoms with van der Waals surface area (Å²) in [6.07, 6.45) is 9.61. The van der Waals surface area contributed by atoms with Crippen molar-refractivity contribution < 1.29 is 19.9 Å². The van der Waals surface area contributed by atoms with E-state index in [0.29, 0.717) is 18.8 Å². The van der Waals surface area contributed by atoms with Crippen molar-refractivity contribution in [1.82, 2.24) is 5.32 Å². The zero-order valence-electron chi connectivity index (χ0n) is 13.2. The summed E-state index contributed by atoms with van der Waals surface area (Å²) < 4.78 is 0. The van der Waals surface area contributed by atoms with Gasteiger partial charge in [-0.2, -0.15) is 0 Å². The smallest absolute Gasteiger partial charge is 0.426 e. The van der Waals surface area contributed by atoms with Gasteiger partial charge in [-0.05, 0) is 43.9 Å². The van der Waals surface area contributed by atoms with Crippen LogP contribution in [0.5, 0.6) is 0 Å². The van der Waals surface area contributed by atoms with Gasteiger partial charge in [-0.3, -0.25) is 4.79 Å². The lowest BCUT2D eigenvalue weighted by Gasteiger charge is -2.39. The summed E-state index contributed by atoms with van der Waals surface area (Å²) in [5, 5.41) is 32.3. The number of fused-ring (bicyclic) bond motifs is 1. The van der Waals surface area contributed by atoms with Crippen LogP contribution >= 0.6 is 0 Å². The summed E-state index contributed by atoms with van der Waals surface area (Å²) in [7, 11) is -1.51. The van der Waals surface area contributed by atoms with Crippen molar-refractivity contribution in [2.75, 3.05) is 0 Å². The van der Waals surface area contributed by atoms with E-state index in [9.17, 15) is 19.9 Å². The van der Waals surface area contributed by atoms with E-state index in [2.05, 4.69) is 5.32 Å². The second kappa shape index (κ2) is 6.50. The van der Waals surface area contributed by atoms with Crippen molar-refractivity contribution in [1.29, 1.82) is 0 Å². The van der Waals surface area contributed by atoms with Crippen molar-refractivity contribution in [3.8, 4) is 0 Å². The molecular weight excluding hydrogens is 281 g/mol. The van der Waals surface area contributed by atoms with Crippen molar-refractivity contribution in [3.05, 3.63) is 0 Å². The van der Waals surface area contributed by atoms with Gasteiger partial charge in [-0.15, -0.1) is 0 Å². The van der Waals surface area contributed by atoms with E-state index in [1.807, 2.05) is 0 Å². The van der Waals surface area contributed by atoms with Gasteiger partial charge in [0.15, 0.2) is 0 Å². The van der Waals surface area contributed by atoms with Crippen LogP contribution < -0.4 is 5.32 Å². The largest absolute Gasteiger partial charge is 0.475 e. The maximum atomic E-state index is 12.4. The third-order valence-electron chi connectivity index (χ3n) is 6.22. The maximum absolute atomic E-state index is 12.4. The van der Waals surface area contributed by atoms with Crippen LogP contribution in [0.1, 0.15) is 64.2 Å². The monoisotopic (exact) mass is 309 g/mol. The van der Waals surface area contributed by atoms with Crippen molar-refractivity contribution in [2.45, 2.75) is 75.8 Å². The molecule has 0 bridgehead atoms. The third-order valence-corrected chi connectivity index (χ3v) is 6.22. The topological polar surface area (TPSA) is 89.8 Å². The number of rotatable bonds is 5. The molecule has 22 heavy (non-hydrogen) atoms. The molecule has 124 valence electrons. The van der Waals surface area contributed by atoms with Gasteiger partial charge in [0.25, 0.3) is 0 Å². The normalized spacial score (nSPS) is 36.3. The molecule has 3 aliphatic carbocycles. The number of carbonyl (C=O) groups excluding carboxylic acids is 1. The lowest BCUT2D eigenvalue weighted by Crippen LogP contribution is -2.49. The molecule has 3 saturated carbocycles. The number of amides is 1. The molecule has 0 aromatic carbocycles. The predicted molar refractivity (Wildman–Crippen MR) is 83.7 cm³/mol. The van der Waals surface area contributed by atoms with E-state index in [1.165, 1.54) is 19.3 Å². The van der Waals surface area contributed by atoms with Crippen molar-refractivity contribution in [3.63, 3.8) is 0 Å². The van der Waals surface area contributed by atoms with Crippen LogP contribution in [0.25, 0.3) is 0 Å². The lowest BCUT2D eigenvalue weighted by molar-refractivity contribution is -0.126. The van der Waals surface area contributed by atoms with Crippen LogP contribution in [0.4, 0.5) is 0 Å². The molecule has 0 aliphatic heterocycles. The van der Waals surface area contributed by atoms with E-state index in [0.717, 1.165) is 32.1 Å². The molecule has 0 spiro atoms. The Morgan fingerprint density at radius 3 is 2.45 bits per heavy atom. The highest BCUT2D eigenvalue weighted by atomic mass is 16.4. The first-order valence-electron chi connectivity index (χ1n) is 8.87. The molecule has 0 aromatic heterocycles. The highest BCUT2D eigenvalue weighted by Gasteiger charge is 2.54. The van der Waals surface area contributed by atoms with Crippen LogP contribution in [-0.4, -0.2) is 39.7 Å². The average Bonchev–Trinajstić information content (AvgIpc) is 2.72. The number of nitrogens with one attached hydrogen (secondary N) is 1. The van der Waals surface area contributed by atoms with Gasteiger partial charge < -0.3 is 20.5 Å². The molecule has 4 N–H and O–H groups in total. The second-order valence-electron chi connectivity index (χ2n) is 7.74. The highest BCUT2D eigenvalue weighted by Crippen LogP contribution is 2.52. The number of aliphatic hydroxyl groups is 1. The van der Waals surface area contributed by atoms with Crippen LogP contribution in [0, 0.1) is 17.8 Å². The van der Waals surface area contributed by atoms with Crippen LogP contribution in [0.15, 0.2) is 0 Å². The van der Waals surface area contributed by atoms with Gasteiger partial charge in [0.1, 0.15) is 0 Å². The summed E-state index contributed by atoms with van der Waals surface area (Å²) in [5.74, 6) is -0.130. The van der Waals surface area contributed by atoms with Gasteiger partial charge in [0.2, 0.25) is 5.91 Å². The number of hydrogen-bond donors (Lipinski definition) is 4. The average molecular weight is 309 g/mol. The molecule has 3 fully saturated rings. The molecule has 0 heterocycles. The van der Waals surface area contributed by atoms with E-state index in [4.69, 9.17) is 0 Å². The molecular formula is C16H28BNO4. The fourth-order valence-electron chi connectivity index (χ4n) is 4.68. The molecule has 0 radical (unpaired) electrons. The summed E-state index contributed by atoms with van der Waals surface area (Å²) >= 11 is 0. The summed E-state index contributed by atoms with van der Waals surface area (Å²) in [6.45, 7) is 0. The second-order valence-corrected chi connectivity index (χ2v) is 7.74. The Morgan fingerprint density at radius 2 is 1.95 bits per heavy atom. The molecule has 4 atom stereocenters. The van der Waals surface area contributed by atoms with E-state index in [-0.39, 0.29) is 17.7 Å². The molecule has 6 heteroatoms. The van der Waals surface area contributed by atoms with Crippen LogP contribution in [0.3, 0.4) is 0 Å². The van der Waals surface area contributed by atoms with Gasteiger partial charge >= 0.3 is 7.12 Å². The Balaban J connectivity index is 1.53. The van der Waals surface area contributed by atoms with E-state index in [1.54, 1.807) is 0 Å². The van der Waals surface area contributed by atoms with Crippen molar-refractivity contribution >= 4 is 13.0 Å². The van der Waals surface area contributed by atoms with Gasteiger partial charge in [0, 0.05) is 5.92 Å². The fraction of sp³-hybridized carbons (Fsp3) is 0.938. The minimum Gasteiger partial charge on any atom is -0.426 e. The Bertz CT molecular complexity index is 413. The zero-order valence-corrected chi connectivity index (χ0v) is 13.2. The standard InChI is InChI=1S/C16H28BNO4/c19-15(12-9-13-6-7-16(13,20)10-12)18-14(17(21)22)8-11-4-2-1-3-5-11/h11-14,20-22H,1-10H2,(H,18,19)/t12-,13-,14+,16?/m1/s1. The fourth-order valence-corrected chi connectivity index (χ4v) is 4.68. The first kappa shape index (κ1) is 16.3. The molecule has 0 aromatic rings. The third kappa shape index (κ3) is 3.34. The number of hydrogen-bond acceptors (Lipinski definition) is 4. The minimum absolute atomic E-state index is 0.114. The van der Waals surface area contributed by atoms with Gasteiger partial charge in [-0.1, -0.05) is 32.1 Å². The number of carbonyl (C=O) groups is 1. The zero-order chi connectivity index (χ0) is 15.7. The Labute approximate surface area is 132 Å². The molecule has 1 amide bonds. The molecule has 5 nitrogen and oxygen atoms in total. The SMILES string of the molecule is O=C(N[C@@H](CC1CCCCC1)B(O)O)[C@@H]1C[C@H]2CCC2(O)C1. The molecule has 0 saturated heterocycles. The van der Waals surface area contributed by atoms with Crippen LogP contribution in [-0.2, 0) is 4.79 Å². The summed E-state index contributed by atoms with van der Waals surface area (Å²) in [4.78, 5) is 12.4. The van der Waals surface area contributed by atoms with Gasteiger partial charge in [0.05, 0.1) is 11.5 Å².